The highest BCUT2D eigenvalue weighted by Gasteiger charge is 2.31. The van der Waals surface area contributed by atoms with Crippen molar-refractivity contribution in [3.8, 4) is 5.75 Å². The number of rotatable bonds is 4. The summed E-state index contributed by atoms with van der Waals surface area (Å²) >= 11 is 0. The maximum absolute atomic E-state index is 11.2. The minimum Gasteiger partial charge on any atom is -0.487 e. The third kappa shape index (κ3) is 2.39. The van der Waals surface area contributed by atoms with Gasteiger partial charge in [0.2, 0.25) is 0 Å². The summed E-state index contributed by atoms with van der Waals surface area (Å²) in [4.78, 5) is 30.1. The Bertz CT molecular complexity index is 917. The quantitative estimate of drug-likeness (QED) is 0.725. The Morgan fingerprint density at radius 2 is 2.12 bits per heavy atom. The molecule has 24 heavy (non-hydrogen) atoms. The molecule has 9 heteroatoms. The fourth-order valence-corrected chi connectivity index (χ4v) is 2.66. The molecule has 3 aromatic heterocycles. The van der Waals surface area contributed by atoms with Crippen LogP contribution in [0, 0.1) is 0 Å². The normalized spacial score (nSPS) is 14.6. The number of pyridine rings is 1. The maximum Gasteiger partial charge on any atom is 0.267 e. The van der Waals surface area contributed by atoms with E-state index < -0.39 is 5.91 Å². The Kier molecular flexibility index (Phi) is 3.26. The molecule has 3 aromatic rings. The predicted octanol–water partition coefficient (Wildman–Crippen LogP) is 0.125. The predicted molar refractivity (Wildman–Crippen MR) is 85.7 cm³/mol. The van der Waals surface area contributed by atoms with Crippen molar-refractivity contribution in [3.05, 3.63) is 36.7 Å². The molecular weight excluding hydrogens is 310 g/mol. The molecule has 1 amide bonds. The molecule has 0 unspecified atom stereocenters. The zero-order valence-electron chi connectivity index (χ0n) is 13.0. The van der Waals surface area contributed by atoms with Crippen LogP contribution in [0.15, 0.2) is 31.0 Å². The number of amides is 1. The number of aromatic nitrogens is 5. The number of nitrogens with zero attached hydrogens (tertiary/aromatic N) is 6. The number of nitrogens with two attached hydrogens (primary N) is 1. The van der Waals surface area contributed by atoms with Gasteiger partial charge in [-0.3, -0.25) is 9.78 Å². The number of carbonyl (C=O) groups excluding carboxylic acids is 1. The molecular formula is C15H15N7O2. The summed E-state index contributed by atoms with van der Waals surface area (Å²) in [7, 11) is 1.90. The second kappa shape index (κ2) is 5.44. The molecule has 0 spiro atoms. The van der Waals surface area contributed by atoms with E-state index in [0.717, 1.165) is 17.0 Å². The van der Waals surface area contributed by atoms with E-state index in [1.165, 1.54) is 12.5 Å². The molecule has 9 nitrogen and oxygen atoms in total. The number of hydrogen-bond donors (Lipinski definition) is 1. The number of hydrogen-bond acceptors (Lipinski definition) is 7. The summed E-state index contributed by atoms with van der Waals surface area (Å²) < 4.78 is 7.71. The van der Waals surface area contributed by atoms with E-state index in [9.17, 15) is 4.79 Å². The first-order valence-electron chi connectivity index (χ1n) is 7.41. The Balaban J connectivity index is 1.46. The van der Waals surface area contributed by atoms with E-state index in [0.29, 0.717) is 18.8 Å². The van der Waals surface area contributed by atoms with Crippen molar-refractivity contribution in [1.29, 1.82) is 0 Å². The van der Waals surface area contributed by atoms with E-state index in [4.69, 9.17) is 10.5 Å². The van der Waals surface area contributed by atoms with Gasteiger partial charge in [-0.25, -0.2) is 15.0 Å². The highest BCUT2D eigenvalue weighted by Crippen LogP contribution is 2.27. The van der Waals surface area contributed by atoms with Crippen molar-refractivity contribution in [2.45, 2.75) is 6.10 Å². The molecule has 0 radical (unpaired) electrons. The maximum atomic E-state index is 11.2. The van der Waals surface area contributed by atoms with Crippen LogP contribution in [0.3, 0.4) is 0 Å². The van der Waals surface area contributed by atoms with Crippen LogP contribution in [0.1, 0.15) is 10.5 Å². The van der Waals surface area contributed by atoms with Crippen LogP contribution in [-0.4, -0.2) is 49.6 Å². The van der Waals surface area contributed by atoms with E-state index in [2.05, 4.69) is 24.8 Å². The van der Waals surface area contributed by atoms with Gasteiger partial charge in [0.15, 0.2) is 17.0 Å². The van der Waals surface area contributed by atoms with Gasteiger partial charge in [0.25, 0.3) is 5.91 Å². The van der Waals surface area contributed by atoms with Crippen LogP contribution < -0.4 is 15.4 Å². The number of anilines is 1. The molecule has 4 heterocycles. The second-order valence-electron chi connectivity index (χ2n) is 5.61. The number of fused-ring (bicyclic) bond motifs is 1. The van der Waals surface area contributed by atoms with Gasteiger partial charge < -0.3 is 19.9 Å². The Labute approximate surface area is 137 Å². The highest BCUT2D eigenvalue weighted by molar-refractivity contribution is 5.91. The molecule has 4 rings (SSSR count). The van der Waals surface area contributed by atoms with Crippen LogP contribution in [0.5, 0.6) is 5.75 Å². The zero-order chi connectivity index (χ0) is 16.7. The molecule has 1 saturated heterocycles. The lowest BCUT2D eigenvalue weighted by Crippen LogP contribution is -2.54. The van der Waals surface area contributed by atoms with Crippen LogP contribution in [0.2, 0.25) is 0 Å². The van der Waals surface area contributed by atoms with Crippen molar-refractivity contribution >= 4 is 22.9 Å². The fraction of sp³-hybridized carbons (Fsp3) is 0.267. The summed E-state index contributed by atoms with van der Waals surface area (Å²) in [6.45, 7) is 1.35. The van der Waals surface area contributed by atoms with Gasteiger partial charge in [0.05, 0.1) is 19.4 Å². The molecule has 1 aliphatic rings. The van der Waals surface area contributed by atoms with Crippen molar-refractivity contribution in [2.24, 2.45) is 12.8 Å². The number of carbonyl (C=O) groups is 1. The Morgan fingerprint density at radius 1 is 1.29 bits per heavy atom. The topological polar surface area (TPSA) is 112 Å². The van der Waals surface area contributed by atoms with Gasteiger partial charge in [0.1, 0.15) is 23.9 Å². The number of aryl methyl sites for hydroxylation is 1. The molecule has 0 aliphatic carbocycles. The lowest BCUT2D eigenvalue weighted by molar-refractivity contribution is 0.0994. The summed E-state index contributed by atoms with van der Waals surface area (Å²) in [5.74, 6) is 0.802. The molecule has 0 aromatic carbocycles. The van der Waals surface area contributed by atoms with E-state index in [-0.39, 0.29) is 11.8 Å². The molecule has 122 valence electrons. The summed E-state index contributed by atoms with van der Waals surface area (Å²) in [6.07, 6.45) is 4.77. The average Bonchev–Trinajstić information content (AvgIpc) is 2.93. The van der Waals surface area contributed by atoms with Crippen LogP contribution >= 0.6 is 0 Å². The zero-order valence-corrected chi connectivity index (χ0v) is 13.0. The number of ether oxygens (including phenoxy) is 1. The van der Waals surface area contributed by atoms with Gasteiger partial charge in [-0.2, -0.15) is 0 Å². The highest BCUT2D eigenvalue weighted by atomic mass is 16.5. The SMILES string of the molecule is Cn1cnc2c(N3CC(Oc4ccnc(C(N)=O)c4)C3)ncnc21. The van der Waals surface area contributed by atoms with Crippen molar-refractivity contribution in [3.63, 3.8) is 0 Å². The molecule has 0 atom stereocenters. The summed E-state index contributed by atoms with van der Waals surface area (Å²) in [5.41, 5.74) is 6.99. The fourth-order valence-electron chi connectivity index (χ4n) is 2.66. The monoisotopic (exact) mass is 325 g/mol. The molecule has 0 saturated carbocycles. The van der Waals surface area contributed by atoms with Gasteiger partial charge >= 0.3 is 0 Å². The molecule has 2 N–H and O–H groups in total. The van der Waals surface area contributed by atoms with Crippen LogP contribution in [-0.2, 0) is 7.05 Å². The minimum atomic E-state index is -0.575. The average molecular weight is 325 g/mol. The summed E-state index contributed by atoms with van der Waals surface area (Å²) in [6, 6.07) is 3.25. The van der Waals surface area contributed by atoms with Crippen molar-refractivity contribution in [2.75, 3.05) is 18.0 Å². The van der Waals surface area contributed by atoms with Crippen LogP contribution in [0.4, 0.5) is 5.82 Å². The third-order valence-corrected chi connectivity index (χ3v) is 3.91. The third-order valence-electron chi connectivity index (χ3n) is 3.91. The van der Waals surface area contributed by atoms with Gasteiger partial charge in [-0.05, 0) is 6.07 Å². The largest absolute Gasteiger partial charge is 0.487 e. The number of primary amides is 1. The smallest absolute Gasteiger partial charge is 0.267 e. The molecule has 1 fully saturated rings. The lowest BCUT2D eigenvalue weighted by atomic mass is 10.1. The lowest BCUT2D eigenvalue weighted by Gasteiger charge is -2.39. The van der Waals surface area contributed by atoms with Gasteiger partial charge in [0, 0.05) is 19.3 Å². The first-order valence-corrected chi connectivity index (χ1v) is 7.41. The standard InChI is InChI=1S/C15H15N7O2/c1-21-8-20-12-14(21)18-7-19-15(12)22-5-10(6-22)24-9-2-3-17-11(4-9)13(16)23/h2-4,7-8,10H,5-6H2,1H3,(H2,16,23). The van der Waals surface area contributed by atoms with Gasteiger partial charge in [-0.15, -0.1) is 0 Å². The molecule has 0 bridgehead atoms. The van der Waals surface area contributed by atoms with E-state index in [1.807, 2.05) is 11.6 Å². The van der Waals surface area contributed by atoms with E-state index >= 15 is 0 Å². The first kappa shape index (κ1) is 14.4. The van der Waals surface area contributed by atoms with Gasteiger partial charge in [-0.1, -0.05) is 0 Å². The van der Waals surface area contributed by atoms with Crippen molar-refractivity contribution in [1.82, 2.24) is 24.5 Å². The Morgan fingerprint density at radius 3 is 2.92 bits per heavy atom. The first-order chi connectivity index (χ1) is 11.6. The van der Waals surface area contributed by atoms with Crippen molar-refractivity contribution < 1.29 is 9.53 Å². The summed E-state index contributed by atoms with van der Waals surface area (Å²) in [5, 5.41) is 0. The number of imidazole rings is 1. The minimum absolute atomic E-state index is 0.00172. The second-order valence-corrected chi connectivity index (χ2v) is 5.61. The van der Waals surface area contributed by atoms with Crippen LogP contribution in [0.25, 0.3) is 11.2 Å². The molecule has 1 aliphatic heterocycles. The Hall–Kier alpha value is -3.23. The van der Waals surface area contributed by atoms with E-state index in [1.54, 1.807) is 18.5 Å².